The average molecular weight is 231 g/mol. The van der Waals surface area contributed by atoms with Crippen LogP contribution in [-0.2, 0) is 0 Å². The van der Waals surface area contributed by atoms with E-state index < -0.39 is 0 Å². The van der Waals surface area contributed by atoms with Crippen LogP contribution >= 0.6 is 27.3 Å². The van der Waals surface area contributed by atoms with Crippen molar-refractivity contribution in [1.29, 1.82) is 0 Å². The third kappa shape index (κ3) is 1.12. The summed E-state index contributed by atoms with van der Waals surface area (Å²) in [6, 6.07) is 5.57. The van der Waals surface area contributed by atoms with Gasteiger partial charge in [0.15, 0.2) is 5.58 Å². The molecule has 56 valence electrons. The fraction of sp³-hybridized carbons (Fsp3) is 0. The molecule has 1 aromatic heterocycles. The van der Waals surface area contributed by atoms with Gasteiger partial charge < -0.3 is 4.42 Å². The van der Waals surface area contributed by atoms with E-state index >= 15 is 0 Å². The summed E-state index contributed by atoms with van der Waals surface area (Å²) in [4.78, 5) is 10.5. The molecule has 2 rings (SSSR count). The molecular weight excluding hydrogens is 228 g/mol. The van der Waals surface area contributed by atoms with Crippen molar-refractivity contribution < 1.29 is 4.42 Å². The average Bonchev–Trinajstić information content (AvgIpc) is 2.31. The molecule has 0 aliphatic carbocycles. The van der Waals surface area contributed by atoms with Crippen molar-refractivity contribution in [2.24, 2.45) is 0 Å². The van der Waals surface area contributed by atoms with Crippen molar-refractivity contribution in [3.8, 4) is 0 Å². The van der Waals surface area contributed by atoms with Crippen molar-refractivity contribution in [2.75, 3.05) is 0 Å². The second kappa shape index (κ2) is 2.46. The molecule has 0 bridgehead atoms. The van der Waals surface area contributed by atoms with Gasteiger partial charge in [-0.2, -0.15) is 0 Å². The summed E-state index contributed by atoms with van der Waals surface area (Å²) in [5.41, 5.74) is 0.641. The van der Waals surface area contributed by atoms with Gasteiger partial charge in [0.25, 0.3) is 0 Å². The SMILES string of the molecule is O=c1oc2c(Br)cccc2s1. The van der Waals surface area contributed by atoms with Crippen LogP contribution in [0.25, 0.3) is 10.3 Å². The van der Waals surface area contributed by atoms with E-state index in [0.717, 1.165) is 20.5 Å². The highest BCUT2D eigenvalue weighted by Gasteiger charge is 2.03. The molecule has 2 aromatic rings. The third-order valence-electron chi connectivity index (χ3n) is 1.31. The Balaban J connectivity index is 3.01. The van der Waals surface area contributed by atoms with Gasteiger partial charge >= 0.3 is 4.94 Å². The normalized spacial score (nSPS) is 10.6. The van der Waals surface area contributed by atoms with Crippen LogP contribution in [0.3, 0.4) is 0 Å². The largest absolute Gasteiger partial charge is 0.413 e. The highest BCUT2D eigenvalue weighted by Crippen LogP contribution is 2.24. The quantitative estimate of drug-likeness (QED) is 0.697. The second-order valence-corrected chi connectivity index (χ2v) is 3.85. The molecule has 0 aliphatic rings. The van der Waals surface area contributed by atoms with E-state index in [1.54, 1.807) is 0 Å². The van der Waals surface area contributed by atoms with Crippen LogP contribution < -0.4 is 4.94 Å². The molecule has 0 spiro atoms. The molecule has 0 saturated carbocycles. The molecule has 4 heteroatoms. The molecule has 1 heterocycles. The predicted molar refractivity (Wildman–Crippen MR) is 48.1 cm³/mol. The minimum Gasteiger partial charge on any atom is -0.413 e. The number of benzene rings is 1. The molecular formula is C7H3BrO2S. The van der Waals surface area contributed by atoms with E-state index in [9.17, 15) is 4.79 Å². The number of hydrogen-bond acceptors (Lipinski definition) is 3. The first-order chi connectivity index (χ1) is 5.27. The van der Waals surface area contributed by atoms with E-state index in [2.05, 4.69) is 15.9 Å². The van der Waals surface area contributed by atoms with E-state index in [0.29, 0.717) is 5.58 Å². The van der Waals surface area contributed by atoms with Crippen molar-refractivity contribution >= 4 is 37.5 Å². The summed E-state index contributed by atoms with van der Waals surface area (Å²) in [5.74, 6) is 0. The van der Waals surface area contributed by atoms with E-state index in [1.807, 2.05) is 18.2 Å². The van der Waals surface area contributed by atoms with Crippen LogP contribution in [0.1, 0.15) is 0 Å². The molecule has 1 aromatic carbocycles. The standard InChI is InChI=1S/C7H3BrO2S/c8-4-2-1-3-5-6(4)10-7(9)11-5/h1-3H. The van der Waals surface area contributed by atoms with Crippen LogP contribution in [0.2, 0.25) is 0 Å². The molecule has 0 radical (unpaired) electrons. The number of halogens is 1. The monoisotopic (exact) mass is 230 g/mol. The van der Waals surface area contributed by atoms with Gasteiger partial charge in [0.05, 0.1) is 9.17 Å². The van der Waals surface area contributed by atoms with Crippen LogP contribution in [-0.4, -0.2) is 0 Å². The molecule has 0 N–H and O–H groups in total. The Morgan fingerprint density at radius 1 is 1.45 bits per heavy atom. The molecule has 0 amide bonds. The maximum Gasteiger partial charge on any atom is 0.396 e. The maximum absolute atomic E-state index is 10.8. The first-order valence-electron chi connectivity index (χ1n) is 2.95. The molecule has 11 heavy (non-hydrogen) atoms. The molecule has 0 aliphatic heterocycles. The van der Waals surface area contributed by atoms with E-state index in [4.69, 9.17) is 4.42 Å². The van der Waals surface area contributed by atoms with Crippen molar-refractivity contribution in [3.63, 3.8) is 0 Å². The third-order valence-corrected chi connectivity index (χ3v) is 2.73. The fourth-order valence-corrected chi connectivity index (χ4v) is 2.14. The smallest absolute Gasteiger partial charge is 0.396 e. The Hall–Kier alpha value is -0.610. The van der Waals surface area contributed by atoms with Crippen LogP contribution in [0.5, 0.6) is 0 Å². The van der Waals surface area contributed by atoms with Crippen molar-refractivity contribution in [1.82, 2.24) is 0 Å². The van der Waals surface area contributed by atoms with Gasteiger partial charge in [-0.05, 0) is 28.1 Å². The van der Waals surface area contributed by atoms with Gasteiger partial charge in [-0.25, -0.2) is 4.79 Å². The molecule has 2 nitrogen and oxygen atoms in total. The van der Waals surface area contributed by atoms with Gasteiger partial charge in [-0.3, -0.25) is 0 Å². The lowest BCUT2D eigenvalue weighted by Crippen LogP contribution is -1.79. The second-order valence-electron chi connectivity index (χ2n) is 2.02. The lowest BCUT2D eigenvalue weighted by Gasteiger charge is -1.87. The lowest BCUT2D eigenvalue weighted by atomic mass is 10.3. The summed E-state index contributed by atoms with van der Waals surface area (Å²) in [6.45, 7) is 0. The number of fused-ring (bicyclic) bond motifs is 1. The summed E-state index contributed by atoms with van der Waals surface area (Å²) in [7, 11) is 0. The predicted octanol–water partition coefficient (Wildman–Crippen LogP) is 2.62. The van der Waals surface area contributed by atoms with Crippen molar-refractivity contribution in [2.45, 2.75) is 0 Å². The summed E-state index contributed by atoms with van der Waals surface area (Å²) in [6.07, 6.45) is 0. The minimum absolute atomic E-state index is 0.257. The number of hydrogen-bond donors (Lipinski definition) is 0. The highest BCUT2D eigenvalue weighted by atomic mass is 79.9. The van der Waals surface area contributed by atoms with Gasteiger partial charge in [0, 0.05) is 0 Å². The zero-order valence-corrected chi connectivity index (χ0v) is 7.74. The van der Waals surface area contributed by atoms with Crippen LogP contribution in [0, 0.1) is 0 Å². The Morgan fingerprint density at radius 3 is 3.00 bits per heavy atom. The molecule has 0 saturated heterocycles. The lowest BCUT2D eigenvalue weighted by molar-refractivity contribution is 0.584. The Bertz CT molecular complexity index is 443. The zero-order chi connectivity index (χ0) is 7.84. The van der Waals surface area contributed by atoms with Gasteiger partial charge in [0.1, 0.15) is 0 Å². The number of para-hydroxylation sites is 1. The highest BCUT2D eigenvalue weighted by molar-refractivity contribution is 9.10. The van der Waals surface area contributed by atoms with Gasteiger partial charge in [-0.15, -0.1) is 0 Å². The molecule has 0 atom stereocenters. The topological polar surface area (TPSA) is 30.2 Å². The molecule has 0 fully saturated rings. The summed E-state index contributed by atoms with van der Waals surface area (Å²) < 4.78 is 6.62. The summed E-state index contributed by atoms with van der Waals surface area (Å²) >= 11 is 4.40. The Labute approximate surface area is 74.6 Å². The van der Waals surface area contributed by atoms with Gasteiger partial charge in [-0.1, -0.05) is 17.4 Å². The van der Waals surface area contributed by atoms with Crippen LogP contribution in [0.4, 0.5) is 0 Å². The first kappa shape index (κ1) is 7.06. The minimum atomic E-state index is -0.257. The fourth-order valence-electron chi connectivity index (χ4n) is 0.862. The maximum atomic E-state index is 10.8. The van der Waals surface area contributed by atoms with E-state index in [1.165, 1.54) is 0 Å². The Morgan fingerprint density at radius 2 is 2.27 bits per heavy atom. The Kier molecular flexibility index (Phi) is 1.58. The summed E-state index contributed by atoms with van der Waals surface area (Å²) in [5, 5.41) is 0. The zero-order valence-electron chi connectivity index (χ0n) is 5.33. The van der Waals surface area contributed by atoms with Crippen LogP contribution in [0.15, 0.2) is 31.9 Å². The first-order valence-corrected chi connectivity index (χ1v) is 4.56. The number of rotatable bonds is 0. The van der Waals surface area contributed by atoms with Gasteiger partial charge in [0.2, 0.25) is 0 Å². The molecule has 0 unspecified atom stereocenters. The van der Waals surface area contributed by atoms with Crippen molar-refractivity contribution in [3.05, 3.63) is 32.4 Å². The van der Waals surface area contributed by atoms with E-state index in [-0.39, 0.29) is 4.94 Å².